The first kappa shape index (κ1) is 9.25. The molecular formula is C6H12ClN5. The maximum atomic E-state index is 5.70. The topological polar surface area (TPSA) is 55.6 Å². The number of halogens is 1. The smallest absolute Gasteiger partial charge is 0.242 e. The third kappa shape index (κ3) is 2.07. The molecule has 12 heavy (non-hydrogen) atoms. The van der Waals surface area contributed by atoms with Crippen molar-refractivity contribution in [1.82, 2.24) is 20.2 Å². The molecule has 0 aliphatic heterocycles. The highest BCUT2D eigenvalue weighted by molar-refractivity contribution is 6.18. The Balaban J connectivity index is 2.56. The molecule has 0 fully saturated rings. The Morgan fingerprint density at radius 2 is 2.42 bits per heavy atom. The monoisotopic (exact) mass is 189 g/mol. The molecule has 1 aromatic heterocycles. The normalized spacial score (nSPS) is 12.9. The second kappa shape index (κ2) is 4.25. The number of rotatable bonds is 4. The first-order valence-corrected chi connectivity index (χ1v) is 4.36. The minimum atomic E-state index is 0.233. The minimum Gasteiger partial charge on any atom is -0.349 e. The SMILES string of the molecule is CCC(CCl)Nc1nnnn1C. The van der Waals surface area contributed by atoms with Crippen LogP contribution < -0.4 is 5.32 Å². The molecule has 0 aliphatic rings. The molecule has 0 bridgehead atoms. The summed E-state index contributed by atoms with van der Waals surface area (Å²) in [5.41, 5.74) is 0. The average molecular weight is 190 g/mol. The van der Waals surface area contributed by atoms with E-state index in [1.165, 1.54) is 0 Å². The Kier molecular flexibility index (Phi) is 3.28. The van der Waals surface area contributed by atoms with Gasteiger partial charge < -0.3 is 5.32 Å². The zero-order chi connectivity index (χ0) is 8.97. The standard InChI is InChI=1S/C6H12ClN5/c1-3-5(4-7)8-6-9-10-11-12(6)2/h5H,3-4H2,1-2H3,(H,8,9,11). The maximum Gasteiger partial charge on any atom is 0.242 e. The molecule has 0 aliphatic carbocycles. The Hall–Kier alpha value is -0.840. The highest BCUT2D eigenvalue weighted by Crippen LogP contribution is 2.03. The van der Waals surface area contributed by atoms with Crippen molar-refractivity contribution in [2.45, 2.75) is 19.4 Å². The van der Waals surface area contributed by atoms with Crippen LogP contribution in [0.2, 0.25) is 0 Å². The van der Waals surface area contributed by atoms with E-state index in [9.17, 15) is 0 Å². The van der Waals surface area contributed by atoms with Gasteiger partial charge in [0, 0.05) is 19.0 Å². The average Bonchev–Trinajstić information content (AvgIpc) is 2.47. The summed E-state index contributed by atoms with van der Waals surface area (Å²) in [4.78, 5) is 0. The molecule has 1 aromatic rings. The van der Waals surface area contributed by atoms with Crippen molar-refractivity contribution in [2.24, 2.45) is 7.05 Å². The van der Waals surface area contributed by atoms with Crippen molar-refractivity contribution < 1.29 is 0 Å². The number of aryl methyl sites for hydroxylation is 1. The van der Waals surface area contributed by atoms with E-state index in [4.69, 9.17) is 11.6 Å². The summed E-state index contributed by atoms with van der Waals surface area (Å²) in [6.45, 7) is 2.06. The Bertz CT molecular complexity index is 232. The van der Waals surface area contributed by atoms with Crippen molar-refractivity contribution in [3.05, 3.63) is 0 Å². The molecule has 0 saturated heterocycles. The molecular weight excluding hydrogens is 178 g/mol. The fourth-order valence-electron chi connectivity index (χ4n) is 0.784. The molecule has 0 radical (unpaired) electrons. The fraction of sp³-hybridized carbons (Fsp3) is 0.833. The predicted octanol–water partition coefficient (Wildman–Crippen LogP) is 0.639. The van der Waals surface area contributed by atoms with Crippen LogP contribution in [0.4, 0.5) is 5.95 Å². The third-order valence-corrected chi connectivity index (χ3v) is 2.00. The van der Waals surface area contributed by atoms with Gasteiger partial charge in [0.2, 0.25) is 5.95 Å². The Morgan fingerprint density at radius 3 is 2.83 bits per heavy atom. The van der Waals surface area contributed by atoms with Gasteiger partial charge in [0.15, 0.2) is 0 Å². The largest absolute Gasteiger partial charge is 0.349 e. The van der Waals surface area contributed by atoms with Crippen LogP contribution in [-0.4, -0.2) is 32.1 Å². The zero-order valence-corrected chi connectivity index (χ0v) is 7.91. The van der Waals surface area contributed by atoms with Crippen LogP contribution in [0.25, 0.3) is 0 Å². The number of alkyl halides is 1. The van der Waals surface area contributed by atoms with Crippen LogP contribution in [0.1, 0.15) is 13.3 Å². The van der Waals surface area contributed by atoms with Gasteiger partial charge in [0.25, 0.3) is 0 Å². The van der Waals surface area contributed by atoms with Crippen LogP contribution in [0.3, 0.4) is 0 Å². The number of aromatic nitrogens is 4. The molecule has 0 amide bonds. The minimum absolute atomic E-state index is 0.233. The van der Waals surface area contributed by atoms with Crippen LogP contribution >= 0.6 is 11.6 Å². The lowest BCUT2D eigenvalue weighted by Gasteiger charge is -2.12. The zero-order valence-electron chi connectivity index (χ0n) is 7.16. The van der Waals surface area contributed by atoms with Crippen LogP contribution in [-0.2, 0) is 7.05 Å². The van der Waals surface area contributed by atoms with Gasteiger partial charge in [-0.2, -0.15) is 0 Å². The van der Waals surface area contributed by atoms with E-state index in [-0.39, 0.29) is 6.04 Å². The summed E-state index contributed by atoms with van der Waals surface area (Å²) in [7, 11) is 1.78. The van der Waals surface area contributed by atoms with Gasteiger partial charge in [-0.25, -0.2) is 4.68 Å². The van der Waals surface area contributed by atoms with Crippen molar-refractivity contribution >= 4 is 17.5 Å². The predicted molar refractivity (Wildman–Crippen MR) is 47.2 cm³/mol. The number of hydrogen-bond donors (Lipinski definition) is 1. The molecule has 0 spiro atoms. The molecule has 1 N–H and O–H groups in total. The highest BCUT2D eigenvalue weighted by atomic mass is 35.5. The highest BCUT2D eigenvalue weighted by Gasteiger charge is 2.07. The molecule has 1 rings (SSSR count). The number of nitrogens with one attached hydrogen (secondary N) is 1. The van der Waals surface area contributed by atoms with E-state index in [2.05, 4.69) is 27.8 Å². The van der Waals surface area contributed by atoms with Gasteiger partial charge in [-0.05, 0) is 16.8 Å². The Labute approximate surface area is 76.1 Å². The lowest BCUT2D eigenvalue weighted by Crippen LogP contribution is -2.22. The van der Waals surface area contributed by atoms with Gasteiger partial charge in [-0.15, -0.1) is 11.6 Å². The van der Waals surface area contributed by atoms with Crippen molar-refractivity contribution in [1.29, 1.82) is 0 Å². The van der Waals surface area contributed by atoms with E-state index in [0.717, 1.165) is 6.42 Å². The molecule has 0 saturated carbocycles. The van der Waals surface area contributed by atoms with Crippen molar-refractivity contribution in [3.8, 4) is 0 Å². The van der Waals surface area contributed by atoms with Gasteiger partial charge in [-0.3, -0.25) is 0 Å². The Morgan fingerprint density at radius 1 is 1.67 bits per heavy atom. The van der Waals surface area contributed by atoms with E-state index < -0.39 is 0 Å². The number of tetrazole rings is 1. The van der Waals surface area contributed by atoms with Gasteiger partial charge in [0.1, 0.15) is 0 Å². The van der Waals surface area contributed by atoms with Crippen LogP contribution in [0, 0.1) is 0 Å². The summed E-state index contributed by atoms with van der Waals surface area (Å²) < 4.78 is 1.58. The maximum absolute atomic E-state index is 5.70. The van der Waals surface area contributed by atoms with Crippen molar-refractivity contribution in [2.75, 3.05) is 11.2 Å². The van der Waals surface area contributed by atoms with E-state index in [1.54, 1.807) is 11.7 Å². The van der Waals surface area contributed by atoms with E-state index in [0.29, 0.717) is 11.8 Å². The molecule has 1 unspecified atom stereocenters. The van der Waals surface area contributed by atoms with E-state index >= 15 is 0 Å². The van der Waals surface area contributed by atoms with E-state index in [1.807, 2.05) is 0 Å². The number of hydrogen-bond acceptors (Lipinski definition) is 4. The first-order valence-electron chi connectivity index (χ1n) is 3.82. The summed E-state index contributed by atoms with van der Waals surface area (Å²) in [5.74, 6) is 1.21. The quantitative estimate of drug-likeness (QED) is 0.707. The fourth-order valence-corrected chi connectivity index (χ4v) is 1.08. The number of nitrogens with zero attached hydrogens (tertiary/aromatic N) is 4. The molecule has 5 nitrogen and oxygen atoms in total. The second-order valence-corrected chi connectivity index (χ2v) is 2.84. The second-order valence-electron chi connectivity index (χ2n) is 2.53. The lowest BCUT2D eigenvalue weighted by atomic mass is 10.3. The molecule has 0 aromatic carbocycles. The third-order valence-electron chi connectivity index (χ3n) is 1.63. The molecule has 1 heterocycles. The summed E-state index contributed by atoms with van der Waals surface area (Å²) >= 11 is 5.70. The summed E-state index contributed by atoms with van der Waals surface area (Å²) in [6.07, 6.45) is 0.955. The molecule has 68 valence electrons. The van der Waals surface area contributed by atoms with Crippen molar-refractivity contribution in [3.63, 3.8) is 0 Å². The van der Waals surface area contributed by atoms with Crippen LogP contribution in [0.15, 0.2) is 0 Å². The summed E-state index contributed by atoms with van der Waals surface area (Å²) in [5, 5.41) is 14.1. The van der Waals surface area contributed by atoms with Crippen LogP contribution in [0.5, 0.6) is 0 Å². The van der Waals surface area contributed by atoms with Gasteiger partial charge in [-0.1, -0.05) is 12.0 Å². The lowest BCUT2D eigenvalue weighted by molar-refractivity contribution is 0.695. The number of anilines is 1. The van der Waals surface area contributed by atoms with Gasteiger partial charge in [0.05, 0.1) is 0 Å². The first-order chi connectivity index (χ1) is 5.77. The molecule has 6 heteroatoms. The molecule has 1 atom stereocenters. The summed E-state index contributed by atoms with van der Waals surface area (Å²) in [6, 6.07) is 0.233. The van der Waals surface area contributed by atoms with Gasteiger partial charge >= 0.3 is 0 Å².